The van der Waals surface area contributed by atoms with Gasteiger partial charge >= 0.3 is 12.3 Å². The molecule has 2 aromatic rings. The van der Waals surface area contributed by atoms with Crippen molar-refractivity contribution in [3.05, 3.63) is 64.7 Å². The Morgan fingerprint density at radius 3 is 2.00 bits per heavy atom. The van der Waals surface area contributed by atoms with E-state index in [1.165, 1.54) is 24.3 Å². The minimum absolute atomic E-state index is 0.00318. The molecule has 3 nitrogen and oxygen atoms in total. The standard InChI is InChI=1S/C17H10F4O3/c18-16(19)17(20,21)8-24-9-5-6-12-13(7-9)15(23)11-4-2-1-3-10(11)14(12)22/h1-7,16H,8H2. The van der Waals surface area contributed by atoms with E-state index in [2.05, 4.69) is 4.74 Å². The number of ketones is 2. The van der Waals surface area contributed by atoms with Gasteiger partial charge < -0.3 is 4.74 Å². The molecule has 0 unspecified atom stereocenters. The maximum Gasteiger partial charge on any atom is 0.340 e. The zero-order valence-electron chi connectivity index (χ0n) is 12.1. The summed E-state index contributed by atoms with van der Waals surface area (Å²) in [6.45, 7) is -1.53. The summed E-state index contributed by atoms with van der Waals surface area (Å²) in [7, 11) is 0. The van der Waals surface area contributed by atoms with Crippen LogP contribution in [0.15, 0.2) is 42.5 Å². The van der Waals surface area contributed by atoms with Crippen molar-refractivity contribution in [1.82, 2.24) is 0 Å². The smallest absolute Gasteiger partial charge is 0.340 e. The van der Waals surface area contributed by atoms with E-state index in [0.29, 0.717) is 0 Å². The van der Waals surface area contributed by atoms with Gasteiger partial charge in [-0.3, -0.25) is 9.59 Å². The Labute approximate surface area is 133 Å². The fraction of sp³-hybridized carbons (Fsp3) is 0.176. The second kappa shape index (κ2) is 5.74. The molecule has 0 spiro atoms. The van der Waals surface area contributed by atoms with Crippen molar-refractivity contribution in [1.29, 1.82) is 0 Å². The highest BCUT2D eigenvalue weighted by molar-refractivity contribution is 6.28. The molecule has 24 heavy (non-hydrogen) atoms. The maximum absolute atomic E-state index is 12.9. The summed E-state index contributed by atoms with van der Waals surface area (Å²) in [6, 6.07) is 9.80. The van der Waals surface area contributed by atoms with Crippen molar-refractivity contribution in [2.24, 2.45) is 0 Å². The number of hydrogen-bond acceptors (Lipinski definition) is 3. The van der Waals surface area contributed by atoms with Crippen LogP contribution in [0.2, 0.25) is 0 Å². The van der Waals surface area contributed by atoms with Crippen molar-refractivity contribution in [2.75, 3.05) is 6.61 Å². The van der Waals surface area contributed by atoms with Crippen molar-refractivity contribution < 1.29 is 31.9 Å². The van der Waals surface area contributed by atoms with Crippen LogP contribution in [-0.4, -0.2) is 30.5 Å². The van der Waals surface area contributed by atoms with Crippen LogP contribution >= 0.6 is 0 Å². The lowest BCUT2D eigenvalue weighted by Crippen LogP contribution is -2.33. The molecule has 0 fully saturated rings. The third-order valence-electron chi connectivity index (χ3n) is 3.65. The lowest BCUT2D eigenvalue weighted by atomic mass is 9.84. The predicted octanol–water partition coefficient (Wildman–Crippen LogP) is 3.74. The lowest BCUT2D eigenvalue weighted by Gasteiger charge is -2.19. The van der Waals surface area contributed by atoms with Crippen LogP contribution in [0, 0.1) is 0 Å². The average molecular weight is 338 g/mol. The molecule has 0 atom stereocenters. The summed E-state index contributed by atoms with van der Waals surface area (Å²) in [4.78, 5) is 24.8. The number of halogens is 4. The van der Waals surface area contributed by atoms with Gasteiger partial charge in [0, 0.05) is 22.3 Å². The van der Waals surface area contributed by atoms with Crippen molar-refractivity contribution in [2.45, 2.75) is 12.3 Å². The molecule has 0 amide bonds. The Hall–Kier alpha value is -2.70. The number of rotatable bonds is 4. The molecular formula is C17H10F4O3. The summed E-state index contributed by atoms with van der Waals surface area (Å²) in [5.74, 6) is -5.31. The van der Waals surface area contributed by atoms with Gasteiger partial charge in [-0.25, -0.2) is 8.78 Å². The molecule has 0 saturated carbocycles. The summed E-state index contributed by atoms with van der Waals surface area (Å²) in [5, 5.41) is 0. The van der Waals surface area contributed by atoms with E-state index in [0.717, 1.165) is 6.07 Å². The van der Waals surface area contributed by atoms with Gasteiger partial charge in [0.2, 0.25) is 0 Å². The molecule has 0 saturated heterocycles. The second-order valence-corrected chi connectivity index (χ2v) is 5.26. The fourth-order valence-corrected chi connectivity index (χ4v) is 2.41. The second-order valence-electron chi connectivity index (χ2n) is 5.26. The number of alkyl halides is 4. The quantitative estimate of drug-likeness (QED) is 0.681. The zero-order chi connectivity index (χ0) is 17.5. The van der Waals surface area contributed by atoms with Crippen LogP contribution in [0.5, 0.6) is 5.75 Å². The molecule has 0 bridgehead atoms. The molecule has 1 aliphatic carbocycles. The highest BCUT2D eigenvalue weighted by atomic mass is 19.3. The van der Waals surface area contributed by atoms with E-state index < -0.39 is 24.7 Å². The summed E-state index contributed by atoms with van der Waals surface area (Å²) < 4.78 is 54.8. The molecule has 0 N–H and O–H groups in total. The van der Waals surface area contributed by atoms with E-state index in [-0.39, 0.29) is 33.8 Å². The molecule has 7 heteroatoms. The molecule has 124 valence electrons. The highest BCUT2D eigenvalue weighted by Crippen LogP contribution is 2.31. The predicted molar refractivity (Wildman–Crippen MR) is 76.2 cm³/mol. The Morgan fingerprint density at radius 2 is 1.42 bits per heavy atom. The molecule has 0 radical (unpaired) electrons. The first-order valence-electron chi connectivity index (χ1n) is 6.92. The minimum atomic E-state index is -4.30. The molecule has 2 aromatic carbocycles. The van der Waals surface area contributed by atoms with Gasteiger partial charge in [0.15, 0.2) is 18.2 Å². The fourth-order valence-electron chi connectivity index (χ4n) is 2.41. The number of carbonyl (C=O) groups is 2. The SMILES string of the molecule is O=C1c2ccccc2C(=O)c2cc(OCC(F)(F)C(F)F)ccc21. The van der Waals surface area contributed by atoms with Crippen LogP contribution in [0.3, 0.4) is 0 Å². The number of carbonyl (C=O) groups excluding carboxylic acids is 2. The van der Waals surface area contributed by atoms with Gasteiger partial charge in [-0.1, -0.05) is 24.3 Å². The Kier molecular flexibility index (Phi) is 3.87. The van der Waals surface area contributed by atoms with Crippen molar-refractivity contribution in [3.63, 3.8) is 0 Å². The largest absolute Gasteiger partial charge is 0.487 e. The van der Waals surface area contributed by atoms with Crippen molar-refractivity contribution in [3.8, 4) is 5.75 Å². The monoisotopic (exact) mass is 338 g/mol. The van der Waals surface area contributed by atoms with Gasteiger partial charge in [-0.15, -0.1) is 0 Å². The van der Waals surface area contributed by atoms with E-state index in [1.54, 1.807) is 12.1 Å². The number of ether oxygens (including phenoxy) is 1. The van der Waals surface area contributed by atoms with Crippen LogP contribution in [0.25, 0.3) is 0 Å². The van der Waals surface area contributed by atoms with E-state index in [1.807, 2.05) is 0 Å². The zero-order valence-corrected chi connectivity index (χ0v) is 12.1. The summed E-state index contributed by atoms with van der Waals surface area (Å²) >= 11 is 0. The van der Waals surface area contributed by atoms with Gasteiger partial charge in [-0.05, 0) is 18.2 Å². The normalized spacial score (nSPS) is 13.7. The Bertz CT molecular complexity index is 830. The van der Waals surface area contributed by atoms with E-state index in [9.17, 15) is 27.2 Å². The van der Waals surface area contributed by atoms with E-state index >= 15 is 0 Å². The Balaban J connectivity index is 1.92. The minimum Gasteiger partial charge on any atom is -0.487 e. The van der Waals surface area contributed by atoms with E-state index in [4.69, 9.17) is 0 Å². The molecular weight excluding hydrogens is 328 g/mol. The average Bonchev–Trinajstić information content (AvgIpc) is 2.57. The summed E-state index contributed by atoms with van der Waals surface area (Å²) in [5.41, 5.74) is 0.571. The number of fused-ring (bicyclic) bond motifs is 2. The first kappa shape index (κ1) is 16.2. The molecule has 0 heterocycles. The first-order chi connectivity index (χ1) is 11.3. The van der Waals surface area contributed by atoms with Crippen molar-refractivity contribution >= 4 is 11.6 Å². The topological polar surface area (TPSA) is 43.4 Å². The van der Waals surface area contributed by atoms with Crippen LogP contribution < -0.4 is 4.74 Å². The Morgan fingerprint density at radius 1 is 0.875 bits per heavy atom. The van der Waals surface area contributed by atoms with Crippen LogP contribution in [-0.2, 0) is 0 Å². The maximum atomic E-state index is 12.9. The number of hydrogen-bond donors (Lipinski definition) is 0. The van der Waals surface area contributed by atoms with Gasteiger partial charge in [0.25, 0.3) is 0 Å². The first-order valence-corrected chi connectivity index (χ1v) is 6.92. The van der Waals surface area contributed by atoms with Crippen LogP contribution in [0.4, 0.5) is 17.6 Å². The molecule has 0 aromatic heterocycles. The lowest BCUT2D eigenvalue weighted by molar-refractivity contribution is -0.148. The van der Waals surface area contributed by atoms with Gasteiger partial charge in [-0.2, -0.15) is 8.78 Å². The number of benzene rings is 2. The summed E-state index contributed by atoms with van der Waals surface area (Å²) in [6.07, 6.45) is -3.86. The third kappa shape index (κ3) is 2.66. The van der Waals surface area contributed by atoms with Gasteiger partial charge in [0.05, 0.1) is 0 Å². The molecule has 0 aliphatic heterocycles. The highest BCUT2D eigenvalue weighted by Gasteiger charge is 2.41. The molecule has 3 rings (SSSR count). The molecule has 1 aliphatic rings. The third-order valence-corrected chi connectivity index (χ3v) is 3.65. The van der Waals surface area contributed by atoms with Gasteiger partial charge in [0.1, 0.15) is 5.75 Å². The van der Waals surface area contributed by atoms with Crippen LogP contribution in [0.1, 0.15) is 31.8 Å².